The van der Waals surface area contributed by atoms with Gasteiger partial charge in [0.15, 0.2) is 5.82 Å². The third-order valence-electron chi connectivity index (χ3n) is 6.69. The molecule has 0 spiro atoms. The molecule has 1 aromatic carbocycles. The molecular formula is C24H27N7OS. The smallest absolute Gasteiger partial charge is 0.222 e. The summed E-state index contributed by atoms with van der Waals surface area (Å²) in [6, 6.07) is 8.20. The van der Waals surface area contributed by atoms with Crippen LogP contribution in [0, 0.1) is 5.92 Å². The van der Waals surface area contributed by atoms with E-state index in [0.29, 0.717) is 13.0 Å². The van der Waals surface area contributed by atoms with E-state index in [2.05, 4.69) is 20.8 Å². The summed E-state index contributed by atoms with van der Waals surface area (Å²) in [4.78, 5) is 19.7. The Balaban J connectivity index is 1.13. The van der Waals surface area contributed by atoms with Gasteiger partial charge in [0, 0.05) is 50.8 Å². The summed E-state index contributed by atoms with van der Waals surface area (Å²) in [7, 11) is 1.99. The molecule has 9 heteroatoms. The van der Waals surface area contributed by atoms with Crippen LogP contribution in [0.4, 0.5) is 0 Å². The summed E-state index contributed by atoms with van der Waals surface area (Å²) in [5.41, 5.74) is 4.24. The van der Waals surface area contributed by atoms with E-state index < -0.39 is 0 Å². The maximum Gasteiger partial charge on any atom is 0.222 e. The van der Waals surface area contributed by atoms with Crippen LogP contribution in [0.2, 0.25) is 0 Å². The van der Waals surface area contributed by atoms with Gasteiger partial charge in [0.1, 0.15) is 12.0 Å². The van der Waals surface area contributed by atoms with Crippen molar-refractivity contribution in [2.75, 3.05) is 6.54 Å². The van der Waals surface area contributed by atoms with Crippen LogP contribution < -0.4 is 0 Å². The molecule has 0 unspecified atom stereocenters. The Bertz CT molecular complexity index is 1280. The summed E-state index contributed by atoms with van der Waals surface area (Å²) in [5, 5.41) is 14.4. The molecule has 170 valence electrons. The van der Waals surface area contributed by atoms with Gasteiger partial charge in [-0.3, -0.25) is 9.48 Å². The van der Waals surface area contributed by atoms with Crippen molar-refractivity contribution in [3.05, 3.63) is 46.9 Å². The lowest BCUT2D eigenvalue weighted by molar-refractivity contribution is -0.132. The summed E-state index contributed by atoms with van der Waals surface area (Å²) < 4.78 is 5.29. The minimum atomic E-state index is 0.205. The third kappa shape index (κ3) is 4.06. The second kappa shape index (κ2) is 8.37. The molecule has 4 heterocycles. The maximum absolute atomic E-state index is 13.0. The van der Waals surface area contributed by atoms with Crippen molar-refractivity contribution < 1.29 is 4.79 Å². The summed E-state index contributed by atoms with van der Waals surface area (Å²) in [6.45, 7) is 2.28. The fourth-order valence-electron chi connectivity index (χ4n) is 4.71. The molecule has 4 aromatic rings. The molecule has 1 aliphatic carbocycles. The topological polar surface area (TPSA) is 81.7 Å². The summed E-state index contributed by atoms with van der Waals surface area (Å²) in [5.74, 6) is 1.76. The monoisotopic (exact) mass is 461 g/mol. The van der Waals surface area contributed by atoms with Gasteiger partial charge in [0.05, 0.1) is 15.2 Å². The Kier molecular flexibility index (Phi) is 5.21. The van der Waals surface area contributed by atoms with Crippen LogP contribution in [-0.4, -0.2) is 46.9 Å². The molecule has 0 N–H and O–H groups in total. The first-order valence-electron chi connectivity index (χ1n) is 11.7. The van der Waals surface area contributed by atoms with Crippen LogP contribution in [0.3, 0.4) is 0 Å². The maximum atomic E-state index is 13.0. The van der Waals surface area contributed by atoms with E-state index in [1.807, 2.05) is 41.2 Å². The summed E-state index contributed by atoms with van der Waals surface area (Å²) >= 11 is 1.73. The van der Waals surface area contributed by atoms with Crippen LogP contribution >= 0.6 is 11.3 Å². The highest BCUT2D eigenvalue weighted by Crippen LogP contribution is 2.34. The number of amides is 1. The van der Waals surface area contributed by atoms with E-state index in [0.717, 1.165) is 65.9 Å². The predicted molar refractivity (Wildman–Crippen MR) is 127 cm³/mol. The molecular weight excluding hydrogens is 434 g/mol. The number of benzene rings is 1. The van der Waals surface area contributed by atoms with Gasteiger partial charge in [-0.2, -0.15) is 5.10 Å². The van der Waals surface area contributed by atoms with E-state index in [4.69, 9.17) is 10.1 Å². The van der Waals surface area contributed by atoms with Crippen molar-refractivity contribution in [3.8, 4) is 11.5 Å². The van der Waals surface area contributed by atoms with Crippen molar-refractivity contribution in [2.45, 2.75) is 51.6 Å². The van der Waals surface area contributed by atoms with Crippen LogP contribution in [-0.2, 0) is 37.8 Å². The largest absolute Gasteiger partial charge is 0.338 e. The van der Waals surface area contributed by atoms with Gasteiger partial charge < -0.3 is 9.47 Å². The van der Waals surface area contributed by atoms with Gasteiger partial charge in [-0.05, 0) is 43.7 Å². The number of fused-ring (bicyclic) bond motifs is 2. The Morgan fingerprint density at radius 1 is 1.24 bits per heavy atom. The zero-order chi connectivity index (χ0) is 22.4. The van der Waals surface area contributed by atoms with Crippen LogP contribution in [0.5, 0.6) is 0 Å². The first-order chi connectivity index (χ1) is 16.2. The van der Waals surface area contributed by atoms with Gasteiger partial charge in [-0.15, -0.1) is 21.5 Å². The van der Waals surface area contributed by atoms with E-state index in [9.17, 15) is 4.79 Å². The highest BCUT2D eigenvalue weighted by atomic mass is 32.1. The fourth-order valence-corrected chi connectivity index (χ4v) is 5.72. The van der Waals surface area contributed by atoms with Gasteiger partial charge in [0.25, 0.3) is 0 Å². The zero-order valence-electron chi connectivity index (χ0n) is 18.8. The average molecular weight is 462 g/mol. The quantitative estimate of drug-likeness (QED) is 0.420. The van der Waals surface area contributed by atoms with E-state index >= 15 is 0 Å². The highest BCUT2D eigenvalue weighted by Gasteiger charge is 2.30. The number of thiazole rings is 1. The van der Waals surface area contributed by atoms with Gasteiger partial charge in [0.2, 0.25) is 5.91 Å². The molecule has 8 nitrogen and oxygen atoms in total. The Labute approximate surface area is 196 Å². The summed E-state index contributed by atoms with van der Waals surface area (Å²) in [6.07, 6.45) is 7.37. The predicted octanol–water partition coefficient (Wildman–Crippen LogP) is 3.61. The highest BCUT2D eigenvalue weighted by molar-refractivity contribution is 7.18. The molecule has 0 radical (unpaired) electrons. The van der Waals surface area contributed by atoms with Crippen LogP contribution in [0.25, 0.3) is 21.7 Å². The molecule has 0 saturated heterocycles. The molecule has 33 heavy (non-hydrogen) atoms. The van der Waals surface area contributed by atoms with E-state index in [1.54, 1.807) is 11.3 Å². The molecule has 1 amide bonds. The number of aryl methyl sites for hydroxylation is 2. The first-order valence-corrected chi connectivity index (χ1v) is 12.5. The van der Waals surface area contributed by atoms with Crippen LogP contribution in [0.15, 0.2) is 30.6 Å². The van der Waals surface area contributed by atoms with E-state index in [-0.39, 0.29) is 5.91 Å². The minimum Gasteiger partial charge on any atom is -0.338 e. The molecule has 1 aliphatic heterocycles. The Morgan fingerprint density at radius 3 is 2.97 bits per heavy atom. The van der Waals surface area contributed by atoms with Crippen molar-refractivity contribution in [1.82, 2.24) is 34.4 Å². The number of rotatable bonds is 7. The van der Waals surface area contributed by atoms with Crippen molar-refractivity contribution >= 4 is 27.5 Å². The second-order valence-electron chi connectivity index (χ2n) is 9.14. The lowest BCUT2D eigenvalue weighted by atomic mass is 10.0. The normalized spacial score (nSPS) is 15.8. The lowest BCUT2D eigenvalue weighted by Crippen LogP contribution is -2.36. The van der Waals surface area contributed by atoms with Crippen molar-refractivity contribution in [3.63, 3.8) is 0 Å². The Hall–Kier alpha value is -3.07. The zero-order valence-corrected chi connectivity index (χ0v) is 19.6. The Morgan fingerprint density at radius 2 is 2.12 bits per heavy atom. The average Bonchev–Trinajstić information content (AvgIpc) is 3.22. The fraction of sp³-hybridized carbons (Fsp3) is 0.458. The second-order valence-corrected chi connectivity index (χ2v) is 10.3. The lowest BCUT2D eigenvalue weighted by Gasteiger charge is -2.27. The van der Waals surface area contributed by atoms with Gasteiger partial charge >= 0.3 is 0 Å². The van der Waals surface area contributed by atoms with Gasteiger partial charge in [-0.25, -0.2) is 4.98 Å². The molecule has 6 rings (SSSR count). The molecule has 1 fully saturated rings. The van der Waals surface area contributed by atoms with Crippen LogP contribution in [0.1, 0.15) is 41.9 Å². The third-order valence-corrected chi connectivity index (χ3v) is 7.79. The van der Waals surface area contributed by atoms with E-state index in [1.165, 1.54) is 23.2 Å². The number of carbonyl (C=O) groups excluding carboxylic acids is 1. The molecule has 2 aliphatic rings. The van der Waals surface area contributed by atoms with Crippen molar-refractivity contribution in [2.24, 2.45) is 13.0 Å². The number of hydrogen-bond acceptors (Lipinski definition) is 6. The van der Waals surface area contributed by atoms with Gasteiger partial charge in [-0.1, -0.05) is 12.1 Å². The SMILES string of the molecule is Cn1nc(-c2nncn2CC2CC2)c2c1CCN(C(=O)CCCc1nc3ccccc3s1)C2. The molecule has 0 atom stereocenters. The molecule has 1 saturated carbocycles. The number of hydrogen-bond donors (Lipinski definition) is 0. The van der Waals surface area contributed by atoms with Crippen molar-refractivity contribution in [1.29, 1.82) is 0 Å². The molecule has 3 aromatic heterocycles. The number of para-hydroxylation sites is 1. The number of nitrogens with zero attached hydrogens (tertiary/aromatic N) is 7. The standard InChI is InChI=1S/C24H27N7OS/c1-29-19-11-12-30(22(32)8-4-7-21-26-18-5-2-3-6-20(18)33-21)14-17(19)23(28-29)24-27-25-15-31(24)13-16-9-10-16/h2-3,5-6,15-16H,4,7-14H2,1H3. The molecule has 0 bridgehead atoms. The number of aromatic nitrogens is 6. The number of carbonyl (C=O) groups is 1. The minimum absolute atomic E-state index is 0.205. The first kappa shape index (κ1) is 20.5.